The minimum atomic E-state index is -0.0177. The molecule has 6 heteroatoms. The highest BCUT2D eigenvalue weighted by atomic mass is 35.5. The highest BCUT2D eigenvalue weighted by molar-refractivity contribution is 7.99. The van der Waals surface area contributed by atoms with Crippen LogP contribution in [0, 0.1) is 23.0 Å². The average molecular weight is 443 g/mol. The van der Waals surface area contributed by atoms with E-state index in [1.165, 1.54) is 37.2 Å². The molecule has 30 heavy (non-hydrogen) atoms. The maximum absolute atomic E-state index is 13.6. The van der Waals surface area contributed by atoms with Crippen LogP contribution in [-0.2, 0) is 11.3 Å². The first kappa shape index (κ1) is 20.2. The third-order valence-electron chi connectivity index (χ3n) is 7.27. The standard InChI is InChI=1S/C24H27ClN2O2S/c25-21-6-4-17(5-7-21)15-26(22(28)16-30-23-3-1-2-8-27(23)29)24-12-18-9-19(13-24)11-20(10-18)14-24/h1-8,18-20H,9-16H2. The van der Waals surface area contributed by atoms with Gasteiger partial charge in [0.25, 0.3) is 5.03 Å². The number of carbonyl (C=O) groups is 1. The first-order valence-electron chi connectivity index (χ1n) is 10.9. The molecule has 1 heterocycles. The van der Waals surface area contributed by atoms with Gasteiger partial charge in [0.05, 0.1) is 5.75 Å². The van der Waals surface area contributed by atoms with Crippen LogP contribution in [0.1, 0.15) is 44.1 Å². The second-order valence-electron chi connectivity index (χ2n) is 9.40. The van der Waals surface area contributed by atoms with Gasteiger partial charge in [0.1, 0.15) is 0 Å². The molecular weight excluding hydrogens is 416 g/mol. The minimum absolute atomic E-state index is 0.0177. The van der Waals surface area contributed by atoms with Crippen LogP contribution in [0.4, 0.5) is 0 Å². The van der Waals surface area contributed by atoms with E-state index in [-0.39, 0.29) is 11.4 Å². The SMILES string of the molecule is O=C(CSc1cccc[n+]1[O-])N(Cc1ccc(Cl)cc1)C12CC3CC(CC(C3)C1)C2. The van der Waals surface area contributed by atoms with Crippen molar-refractivity contribution in [2.24, 2.45) is 17.8 Å². The van der Waals surface area contributed by atoms with Gasteiger partial charge < -0.3 is 10.1 Å². The Hall–Kier alpha value is -1.72. The predicted octanol–water partition coefficient (Wildman–Crippen LogP) is 5.06. The van der Waals surface area contributed by atoms with E-state index in [9.17, 15) is 10.0 Å². The Morgan fingerprint density at radius 1 is 1.07 bits per heavy atom. The first-order valence-corrected chi connectivity index (χ1v) is 12.2. The van der Waals surface area contributed by atoms with E-state index in [1.807, 2.05) is 30.3 Å². The summed E-state index contributed by atoms with van der Waals surface area (Å²) in [6.45, 7) is 0.620. The van der Waals surface area contributed by atoms with Crippen molar-refractivity contribution >= 4 is 29.3 Å². The number of pyridine rings is 1. The number of carbonyl (C=O) groups excluding carboxylic acids is 1. The molecule has 4 bridgehead atoms. The van der Waals surface area contributed by atoms with Crippen molar-refractivity contribution < 1.29 is 9.52 Å². The number of hydrogen-bond donors (Lipinski definition) is 0. The van der Waals surface area contributed by atoms with E-state index >= 15 is 0 Å². The Bertz CT molecular complexity index is 898. The molecule has 158 valence electrons. The summed E-state index contributed by atoms with van der Waals surface area (Å²) >= 11 is 7.42. The molecule has 6 rings (SSSR count). The number of benzene rings is 1. The van der Waals surface area contributed by atoms with E-state index in [0.717, 1.165) is 47.3 Å². The van der Waals surface area contributed by atoms with Crippen molar-refractivity contribution in [1.82, 2.24) is 4.90 Å². The van der Waals surface area contributed by atoms with E-state index in [4.69, 9.17) is 11.6 Å². The fourth-order valence-electron chi connectivity index (χ4n) is 6.43. The van der Waals surface area contributed by atoms with Gasteiger partial charge >= 0.3 is 0 Å². The van der Waals surface area contributed by atoms with Gasteiger partial charge in [0, 0.05) is 29.2 Å². The zero-order valence-corrected chi connectivity index (χ0v) is 18.6. The largest absolute Gasteiger partial charge is 0.618 e. The van der Waals surface area contributed by atoms with Gasteiger partial charge in [-0.05, 0) is 91.8 Å². The quantitative estimate of drug-likeness (QED) is 0.356. The molecule has 1 amide bonds. The molecule has 1 aromatic carbocycles. The molecule has 4 fully saturated rings. The topological polar surface area (TPSA) is 47.2 Å². The predicted molar refractivity (Wildman–Crippen MR) is 119 cm³/mol. The summed E-state index contributed by atoms with van der Waals surface area (Å²) in [4.78, 5) is 15.8. The van der Waals surface area contributed by atoms with Gasteiger partial charge in [-0.25, -0.2) is 0 Å². The van der Waals surface area contributed by atoms with Gasteiger partial charge in [0.15, 0.2) is 6.20 Å². The minimum Gasteiger partial charge on any atom is -0.618 e. The Labute approximate surface area is 187 Å². The lowest BCUT2D eigenvalue weighted by Crippen LogP contribution is -2.61. The molecular formula is C24H27ClN2O2S. The molecule has 4 nitrogen and oxygen atoms in total. The number of aromatic nitrogens is 1. The van der Waals surface area contributed by atoms with E-state index in [1.54, 1.807) is 12.1 Å². The van der Waals surface area contributed by atoms with E-state index in [2.05, 4.69) is 4.90 Å². The second kappa shape index (κ2) is 8.08. The van der Waals surface area contributed by atoms with E-state index in [0.29, 0.717) is 22.3 Å². The first-order chi connectivity index (χ1) is 14.5. The fraction of sp³-hybridized carbons (Fsp3) is 0.500. The zero-order chi connectivity index (χ0) is 20.7. The number of rotatable bonds is 6. The van der Waals surface area contributed by atoms with Crippen LogP contribution in [0.3, 0.4) is 0 Å². The number of amides is 1. The number of nitrogens with zero attached hydrogens (tertiary/aromatic N) is 2. The van der Waals surface area contributed by atoms with Crippen LogP contribution < -0.4 is 4.73 Å². The summed E-state index contributed by atoms with van der Waals surface area (Å²) in [5, 5.41) is 13.3. The maximum Gasteiger partial charge on any atom is 0.251 e. The van der Waals surface area contributed by atoms with Crippen molar-refractivity contribution in [3.63, 3.8) is 0 Å². The lowest BCUT2D eigenvalue weighted by molar-refractivity contribution is -0.645. The summed E-state index contributed by atoms with van der Waals surface area (Å²) in [5.74, 6) is 2.73. The number of hydrogen-bond acceptors (Lipinski definition) is 3. The normalized spacial score (nSPS) is 29.2. The maximum atomic E-state index is 13.6. The molecule has 4 aliphatic carbocycles. The van der Waals surface area contributed by atoms with Crippen molar-refractivity contribution in [3.8, 4) is 0 Å². The van der Waals surface area contributed by atoms with E-state index < -0.39 is 0 Å². The monoisotopic (exact) mass is 442 g/mol. The molecule has 0 spiro atoms. The molecule has 0 unspecified atom stereocenters. The summed E-state index contributed by atoms with van der Waals surface area (Å²) in [5.41, 5.74) is 1.10. The molecule has 2 aromatic rings. The van der Waals surface area contributed by atoms with Crippen LogP contribution >= 0.6 is 23.4 Å². The zero-order valence-electron chi connectivity index (χ0n) is 17.0. The third kappa shape index (κ3) is 3.94. The van der Waals surface area contributed by atoms with Crippen LogP contribution in [0.5, 0.6) is 0 Å². The summed E-state index contributed by atoms with van der Waals surface area (Å²) in [7, 11) is 0. The van der Waals surface area contributed by atoms with Gasteiger partial charge in [-0.15, -0.1) is 0 Å². The van der Waals surface area contributed by atoms with Crippen LogP contribution in [0.2, 0.25) is 5.02 Å². The highest BCUT2D eigenvalue weighted by Crippen LogP contribution is 2.58. The second-order valence-corrected chi connectivity index (χ2v) is 10.8. The molecule has 0 saturated heterocycles. The highest BCUT2D eigenvalue weighted by Gasteiger charge is 2.54. The van der Waals surface area contributed by atoms with Gasteiger partial charge in [-0.2, -0.15) is 4.73 Å². The van der Waals surface area contributed by atoms with Crippen LogP contribution in [0.25, 0.3) is 0 Å². The lowest BCUT2D eigenvalue weighted by atomic mass is 9.52. The van der Waals surface area contributed by atoms with Gasteiger partial charge in [-0.1, -0.05) is 23.7 Å². The van der Waals surface area contributed by atoms with Crippen molar-refractivity contribution in [3.05, 3.63) is 64.5 Å². The van der Waals surface area contributed by atoms with Crippen molar-refractivity contribution in [2.45, 2.75) is 55.6 Å². The fourth-order valence-corrected chi connectivity index (χ4v) is 7.34. The summed E-state index contributed by atoms with van der Waals surface area (Å²) in [6.07, 6.45) is 8.92. The van der Waals surface area contributed by atoms with Crippen LogP contribution in [0.15, 0.2) is 53.7 Å². The lowest BCUT2D eigenvalue weighted by Gasteiger charge is -2.60. The number of halogens is 1. The smallest absolute Gasteiger partial charge is 0.251 e. The van der Waals surface area contributed by atoms with Gasteiger partial charge in [-0.3, -0.25) is 4.79 Å². The van der Waals surface area contributed by atoms with Crippen LogP contribution in [-0.4, -0.2) is 22.1 Å². The Morgan fingerprint density at radius 3 is 2.30 bits per heavy atom. The molecule has 0 atom stereocenters. The summed E-state index contributed by atoms with van der Waals surface area (Å²) < 4.78 is 0.839. The van der Waals surface area contributed by atoms with Gasteiger partial charge in [0.2, 0.25) is 5.91 Å². The molecule has 0 N–H and O–H groups in total. The van der Waals surface area contributed by atoms with Crippen molar-refractivity contribution in [2.75, 3.05) is 5.75 Å². The summed E-state index contributed by atoms with van der Waals surface area (Å²) in [6, 6.07) is 13.2. The Balaban J connectivity index is 1.40. The third-order valence-corrected chi connectivity index (χ3v) is 8.52. The molecule has 1 aromatic heterocycles. The Morgan fingerprint density at radius 2 is 1.70 bits per heavy atom. The molecule has 0 radical (unpaired) electrons. The molecule has 4 saturated carbocycles. The Kier molecular flexibility index (Phi) is 5.44. The van der Waals surface area contributed by atoms with Crippen molar-refractivity contribution in [1.29, 1.82) is 0 Å². The number of thioether (sulfide) groups is 1. The molecule has 4 aliphatic rings. The average Bonchev–Trinajstić information content (AvgIpc) is 2.71. The molecule has 0 aliphatic heterocycles.